The molecule has 5 rings (SSSR count). The molecule has 1 aliphatic rings. The van der Waals surface area contributed by atoms with Crippen molar-refractivity contribution in [1.29, 1.82) is 0 Å². The summed E-state index contributed by atoms with van der Waals surface area (Å²) in [4.78, 5) is 22.8. The standard InChI is InChI=1S/C16H12N2O2.C11H16N2O/c19-11-12-6-8-14(9-7-12)18-20-15-5-1-3-13-4-2-10-17-16(13)15;1-13-7-9(8-13)12-10-5-3-4-6-11(10)14-2/h1-11,18H;3-6,9,12H,7-8H2,1-2H3. The third-order valence-corrected chi connectivity index (χ3v) is 5.45. The Labute approximate surface area is 199 Å². The summed E-state index contributed by atoms with van der Waals surface area (Å²) in [6.45, 7) is 2.22. The van der Waals surface area contributed by atoms with Gasteiger partial charge in [0.05, 0.1) is 24.5 Å². The van der Waals surface area contributed by atoms with Crippen molar-refractivity contribution in [2.24, 2.45) is 0 Å². The van der Waals surface area contributed by atoms with E-state index in [0.717, 1.165) is 47.4 Å². The first-order chi connectivity index (χ1) is 16.7. The third kappa shape index (κ3) is 5.82. The molecule has 2 heterocycles. The van der Waals surface area contributed by atoms with E-state index in [9.17, 15) is 4.79 Å². The number of rotatable bonds is 7. The van der Waals surface area contributed by atoms with E-state index < -0.39 is 0 Å². The Morgan fingerprint density at radius 2 is 1.68 bits per heavy atom. The van der Waals surface area contributed by atoms with Crippen LogP contribution in [0.15, 0.2) is 85.1 Å². The van der Waals surface area contributed by atoms with Gasteiger partial charge in [0.2, 0.25) is 0 Å². The van der Waals surface area contributed by atoms with Gasteiger partial charge in [-0.1, -0.05) is 30.3 Å². The van der Waals surface area contributed by atoms with Gasteiger partial charge in [0, 0.05) is 30.2 Å². The largest absolute Gasteiger partial charge is 0.495 e. The number of aromatic nitrogens is 1. The van der Waals surface area contributed by atoms with Crippen LogP contribution in [0.25, 0.3) is 10.9 Å². The maximum atomic E-state index is 10.6. The van der Waals surface area contributed by atoms with Crippen LogP contribution in [-0.2, 0) is 0 Å². The van der Waals surface area contributed by atoms with E-state index in [-0.39, 0.29) is 0 Å². The molecule has 4 aromatic rings. The Hall–Kier alpha value is -4.10. The lowest BCUT2D eigenvalue weighted by molar-refractivity contribution is 0.112. The normalized spacial score (nSPS) is 13.2. The van der Waals surface area contributed by atoms with Gasteiger partial charge in [-0.2, -0.15) is 0 Å². The molecule has 0 bridgehead atoms. The second-order valence-corrected chi connectivity index (χ2v) is 8.04. The van der Waals surface area contributed by atoms with E-state index in [1.165, 1.54) is 0 Å². The first-order valence-electron chi connectivity index (χ1n) is 11.1. The Morgan fingerprint density at radius 3 is 2.41 bits per heavy atom. The summed E-state index contributed by atoms with van der Waals surface area (Å²) >= 11 is 0. The molecular formula is C27H28N4O3. The Kier molecular flexibility index (Phi) is 7.57. The van der Waals surface area contributed by atoms with E-state index in [4.69, 9.17) is 9.57 Å². The minimum Gasteiger partial charge on any atom is -0.495 e. The van der Waals surface area contributed by atoms with Crippen LogP contribution >= 0.6 is 0 Å². The number of likely N-dealkylation sites (tertiary alicyclic amines) is 1. The molecular weight excluding hydrogens is 428 g/mol. The van der Waals surface area contributed by atoms with Crippen LogP contribution in [-0.4, -0.2) is 49.5 Å². The molecule has 0 saturated carbocycles. The van der Waals surface area contributed by atoms with Crippen LogP contribution in [0.2, 0.25) is 0 Å². The number of ether oxygens (including phenoxy) is 1. The van der Waals surface area contributed by atoms with Crippen molar-refractivity contribution in [1.82, 2.24) is 9.88 Å². The van der Waals surface area contributed by atoms with E-state index in [1.807, 2.05) is 48.5 Å². The third-order valence-electron chi connectivity index (χ3n) is 5.45. The lowest BCUT2D eigenvalue weighted by atomic mass is 10.1. The molecule has 0 aliphatic carbocycles. The highest BCUT2D eigenvalue weighted by molar-refractivity contribution is 5.84. The van der Waals surface area contributed by atoms with E-state index in [0.29, 0.717) is 17.4 Å². The van der Waals surface area contributed by atoms with Gasteiger partial charge in [0.25, 0.3) is 0 Å². The van der Waals surface area contributed by atoms with Gasteiger partial charge in [0.15, 0.2) is 5.75 Å². The summed E-state index contributed by atoms with van der Waals surface area (Å²) < 4.78 is 5.27. The summed E-state index contributed by atoms with van der Waals surface area (Å²) in [5.74, 6) is 1.57. The Balaban J connectivity index is 0.000000172. The number of carbonyl (C=O) groups excluding carboxylic acids is 1. The van der Waals surface area contributed by atoms with Crippen molar-refractivity contribution in [3.63, 3.8) is 0 Å². The molecule has 7 heteroatoms. The lowest BCUT2D eigenvalue weighted by Gasteiger charge is -2.37. The molecule has 0 unspecified atom stereocenters. The molecule has 2 N–H and O–H groups in total. The van der Waals surface area contributed by atoms with E-state index >= 15 is 0 Å². The van der Waals surface area contributed by atoms with Crippen molar-refractivity contribution >= 4 is 28.6 Å². The molecule has 0 atom stereocenters. The van der Waals surface area contributed by atoms with Crippen molar-refractivity contribution in [2.75, 3.05) is 38.0 Å². The van der Waals surface area contributed by atoms with E-state index in [1.54, 1.807) is 37.6 Å². The number of anilines is 2. The van der Waals surface area contributed by atoms with Crippen LogP contribution in [0.1, 0.15) is 10.4 Å². The monoisotopic (exact) mass is 456 g/mol. The van der Waals surface area contributed by atoms with Gasteiger partial charge in [0.1, 0.15) is 17.6 Å². The fourth-order valence-electron chi connectivity index (χ4n) is 3.68. The number of likely N-dealkylation sites (N-methyl/N-ethyl adjacent to an activating group) is 1. The van der Waals surface area contributed by atoms with Gasteiger partial charge < -0.3 is 19.8 Å². The number of benzene rings is 3. The number of carbonyl (C=O) groups is 1. The summed E-state index contributed by atoms with van der Waals surface area (Å²) in [7, 11) is 3.83. The zero-order valence-corrected chi connectivity index (χ0v) is 19.3. The fourth-order valence-corrected chi connectivity index (χ4v) is 3.68. The highest BCUT2D eigenvalue weighted by Crippen LogP contribution is 2.25. The van der Waals surface area contributed by atoms with Gasteiger partial charge in [-0.3, -0.25) is 9.78 Å². The van der Waals surface area contributed by atoms with Crippen LogP contribution < -0.4 is 20.4 Å². The molecule has 1 saturated heterocycles. The molecule has 0 spiro atoms. The average molecular weight is 457 g/mol. The maximum absolute atomic E-state index is 10.6. The molecule has 1 aromatic heterocycles. The van der Waals surface area contributed by atoms with Crippen molar-refractivity contribution < 1.29 is 14.4 Å². The van der Waals surface area contributed by atoms with Crippen LogP contribution in [0, 0.1) is 0 Å². The number of hydrogen-bond donors (Lipinski definition) is 2. The van der Waals surface area contributed by atoms with Crippen molar-refractivity contribution in [2.45, 2.75) is 6.04 Å². The van der Waals surface area contributed by atoms with Gasteiger partial charge in [-0.15, -0.1) is 0 Å². The molecule has 0 amide bonds. The first-order valence-corrected chi connectivity index (χ1v) is 11.1. The summed E-state index contributed by atoms with van der Waals surface area (Å²) in [5.41, 5.74) is 6.13. The molecule has 1 fully saturated rings. The quantitative estimate of drug-likeness (QED) is 0.303. The van der Waals surface area contributed by atoms with Crippen LogP contribution in [0.5, 0.6) is 11.5 Å². The predicted octanol–water partition coefficient (Wildman–Crippen LogP) is 4.87. The summed E-state index contributed by atoms with van der Waals surface area (Å²) in [6.07, 6.45) is 2.54. The highest BCUT2D eigenvalue weighted by Gasteiger charge is 2.23. The van der Waals surface area contributed by atoms with E-state index in [2.05, 4.69) is 33.8 Å². The van der Waals surface area contributed by atoms with Gasteiger partial charge in [-0.05, 0) is 55.6 Å². The SMILES string of the molecule is COc1ccccc1NC1CN(C)C1.O=Cc1ccc(NOc2cccc3cccnc23)cc1. The second-order valence-electron chi connectivity index (χ2n) is 8.04. The minimum absolute atomic E-state index is 0.566. The Bertz CT molecular complexity index is 1220. The molecule has 0 radical (unpaired) electrons. The number of methoxy groups -OCH3 is 1. The molecule has 1 aliphatic heterocycles. The zero-order chi connectivity index (χ0) is 23.8. The number of para-hydroxylation sites is 3. The minimum atomic E-state index is 0.566. The number of pyridine rings is 1. The fraction of sp³-hybridized carbons (Fsp3) is 0.185. The molecule has 34 heavy (non-hydrogen) atoms. The van der Waals surface area contributed by atoms with Crippen molar-refractivity contribution in [3.05, 3.63) is 90.6 Å². The van der Waals surface area contributed by atoms with Crippen LogP contribution in [0.4, 0.5) is 11.4 Å². The summed E-state index contributed by atoms with van der Waals surface area (Å²) in [5, 5.41) is 4.48. The number of nitrogens with zero attached hydrogens (tertiary/aromatic N) is 2. The number of hydrogen-bond acceptors (Lipinski definition) is 7. The second kappa shape index (κ2) is 11.2. The van der Waals surface area contributed by atoms with Crippen LogP contribution in [0.3, 0.4) is 0 Å². The van der Waals surface area contributed by atoms with Gasteiger partial charge >= 0.3 is 0 Å². The number of aldehydes is 1. The number of fused-ring (bicyclic) bond motifs is 1. The zero-order valence-electron chi connectivity index (χ0n) is 19.3. The number of nitrogens with one attached hydrogen (secondary N) is 2. The molecule has 3 aromatic carbocycles. The summed E-state index contributed by atoms with van der Waals surface area (Å²) in [6, 6.07) is 25.2. The predicted molar refractivity (Wildman–Crippen MR) is 136 cm³/mol. The smallest absolute Gasteiger partial charge is 0.181 e. The lowest BCUT2D eigenvalue weighted by Crippen LogP contribution is -2.52. The average Bonchev–Trinajstić information content (AvgIpc) is 2.87. The topological polar surface area (TPSA) is 75.7 Å². The highest BCUT2D eigenvalue weighted by atomic mass is 16.6. The van der Waals surface area contributed by atoms with Crippen molar-refractivity contribution in [3.8, 4) is 11.5 Å². The first kappa shape index (κ1) is 23.1. The Morgan fingerprint density at radius 1 is 0.941 bits per heavy atom. The maximum Gasteiger partial charge on any atom is 0.181 e. The molecule has 7 nitrogen and oxygen atoms in total. The molecule has 174 valence electrons. The van der Waals surface area contributed by atoms with Gasteiger partial charge in [-0.25, -0.2) is 5.48 Å².